The highest BCUT2D eigenvalue weighted by Crippen LogP contribution is 2.45. The number of carbonyl (C=O) groups is 1. The van der Waals surface area contributed by atoms with Gasteiger partial charge in [-0.25, -0.2) is 0 Å². The molecule has 0 spiro atoms. The zero-order valence-corrected chi connectivity index (χ0v) is 15.8. The Morgan fingerprint density at radius 3 is 2.52 bits per heavy atom. The summed E-state index contributed by atoms with van der Waals surface area (Å²) in [7, 11) is 0. The van der Waals surface area contributed by atoms with E-state index in [1.807, 2.05) is 41.7 Å². The van der Waals surface area contributed by atoms with Gasteiger partial charge in [0.1, 0.15) is 18.8 Å². The summed E-state index contributed by atoms with van der Waals surface area (Å²) in [4.78, 5) is 23.6. The second-order valence-corrected chi connectivity index (χ2v) is 8.65. The molecule has 1 fully saturated rings. The first-order valence-electron chi connectivity index (χ1n) is 8.34. The lowest BCUT2D eigenvalue weighted by molar-refractivity contribution is -0.385. The number of nitro groups is 1. The minimum absolute atomic E-state index is 0.0562. The molecule has 0 saturated carbocycles. The van der Waals surface area contributed by atoms with Gasteiger partial charge in [-0.2, -0.15) is 0 Å². The summed E-state index contributed by atoms with van der Waals surface area (Å²) in [6.07, 6.45) is 0. The Bertz CT molecular complexity index is 899. The van der Waals surface area contributed by atoms with E-state index in [1.165, 1.54) is 12.1 Å². The van der Waals surface area contributed by atoms with E-state index < -0.39 is 10.8 Å². The molecule has 0 unspecified atom stereocenters. The van der Waals surface area contributed by atoms with Crippen LogP contribution in [0.5, 0.6) is 11.5 Å². The van der Waals surface area contributed by atoms with Crippen LogP contribution in [0.2, 0.25) is 0 Å². The lowest BCUT2D eigenvalue weighted by atomic mass is 10.1. The zero-order valence-electron chi connectivity index (χ0n) is 14.2. The second kappa shape index (κ2) is 7.69. The average Bonchev–Trinajstić information content (AvgIpc) is 3.22. The van der Waals surface area contributed by atoms with E-state index in [4.69, 9.17) is 9.47 Å². The summed E-state index contributed by atoms with van der Waals surface area (Å²) in [5.41, 5.74) is 1.36. The fraction of sp³-hybridized carbons (Fsp3) is 0.278. The number of nitrogens with one attached hydrogen (secondary N) is 1. The number of nitrogens with zero attached hydrogens (tertiary/aromatic N) is 1. The first kappa shape index (κ1) is 18.0. The second-order valence-electron chi connectivity index (χ2n) is 5.92. The molecule has 4 rings (SSSR count). The van der Waals surface area contributed by atoms with Crippen LogP contribution in [0, 0.1) is 10.1 Å². The standard InChI is InChI=1S/C18H16N2O5S2/c21-17(19-12-3-1-2-11(8-12)18-26-6-7-27-18)13-9-15-16(25-5-4-24-15)10-14(13)20(22)23/h1-3,8-10,18H,4-7H2,(H,19,21). The molecule has 1 amide bonds. The van der Waals surface area contributed by atoms with Gasteiger partial charge in [-0.1, -0.05) is 12.1 Å². The van der Waals surface area contributed by atoms with Crippen LogP contribution < -0.4 is 14.8 Å². The largest absolute Gasteiger partial charge is 0.486 e. The Balaban J connectivity index is 1.61. The molecule has 2 aromatic rings. The number of thioether (sulfide) groups is 2. The molecule has 0 bridgehead atoms. The third-order valence-electron chi connectivity index (χ3n) is 4.14. The highest BCUT2D eigenvalue weighted by atomic mass is 32.2. The molecule has 7 nitrogen and oxygen atoms in total. The van der Waals surface area contributed by atoms with Crippen LogP contribution in [0.4, 0.5) is 11.4 Å². The molecule has 0 aromatic heterocycles. The van der Waals surface area contributed by atoms with Crippen molar-refractivity contribution in [2.24, 2.45) is 0 Å². The van der Waals surface area contributed by atoms with Gasteiger partial charge in [0, 0.05) is 23.3 Å². The summed E-state index contributed by atoms with van der Waals surface area (Å²) in [5, 5.41) is 14.2. The molecule has 2 heterocycles. The minimum atomic E-state index is -0.588. The number of rotatable bonds is 4. The maximum absolute atomic E-state index is 12.7. The number of fused-ring (bicyclic) bond motifs is 1. The Kier molecular flexibility index (Phi) is 5.13. The van der Waals surface area contributed by atoms with Gasteiger partial charge in [-0.05, 0) is 17.7 Å². The van der Waals surface area contributed by atoms with Crippen LogP contribution in [-0.4, -0.2) is 35.5 Å². The highest BCUT2D eigenvalue weighted by Gasteiger charge is 2.27. The van der Waals surface area contributed by atoms with Crippen molar-refractivity contribution in [1.29, 1.82) is 0 Å². The van der Waals surface area contributed by atoms with Gasteiger partial charge in [0.25, 0.3) is 11.6 Å². The third-order valence-corrected chi connectivity index (χ3v) is 7.24. The van der Waals surface area contributed by atoms with Crippen molar-refractivity contribution in [3.05, 3.63) is 57.6 Å². The molecule has 9 heteroatoms. The first-order chi connectivity index (χ1) is 13.1. The van der Waals surface area contributed by atoms with Crippen LogP contribution in [0.3, 0.4) is 0 Å². The van der Waals surface area contributed by atoms with Gasteiger partial charge in [-0.15, -0.1) is 23.5 Å². The SMILES string of the molecule is O=C(Nc1cccc(C2SCCS2)c1)c1cc2c(cc1[N+](=O)[O-])OCCO2. The van der Waals surface area contributed by atoms with Crippen molar-refractivity contribution in [1.82, 2.24) is 0 Å². The lowest BCUT2D eigenvalue weighted by Gasteiger charge is -2.19. The normalized spacial score (nSPS) is 16.1. The predicted octanol–water partition coefficient (Wildman–Crippen LogP) is 4.10. The first-order valence-corrected chi connectivity index (χ1v) is 10.4. The van der Waals surface area contributed by atoms with Crippen LogP contribution >= 0.6 is 23.5 Å². The highest BCUT2D eigenvalue weighted by molar-refractivity contribution is 8.19. The van der Waals surface area contributed by atoms with Gasteiger partial charge >= 0.3 is 0 Å². The molecule has 0 atom stereocenters. The number of anilines is 1. The van der Waals surface area contributed by atoms with Crippen molar-refractivity contribution in [3.63, 3.8) is 0 Å². The van der Waals surface area contributed by atoms with Gasteiger partial charge in [0.15, 0.2) is 11.5 Å². The van der Waals surface area contributed by atoms with Gasteiger partial charge in [-0.3, -0.25) is 14.9 Å². The molecule has 1 saturated heterocycles. The Morgan fingerprint density at radius 2 is 1.81 bits per heavy atom. The molecule has 2 aliphatic heterocycles. The van der Waals surface area contributed by atoms with Crippen LogP contribution in [0.1, 0.15) is 20.5 Å². The summed E-state index contributed by atoms with van der Waals surface area (Å²) < 4.78 is 11.2. The number of nitro benzene ring substituents is 1. The fourth-order valence-corrected chi connectivity index (χ4v) is 5.76. The number of ether oxygens (including phenoxy) is 2. The predicted molar refractivity (Wildman–Crippen MR) is 106 cm³/mol. The van der Waals surface area contributed by atoms with Crippen molar-refractivity contribution < 1.29 is 19.2 Å². The molecule has 0 aliphatic carbocycles. The topological polar surface area (TPSA) is 90.7 Å². The fourth-order valence-electron chi connectivity index (χ4n) is 2.92. The summed E-state index contributed by atoms with van der Waals surface area (Å²) in [6.45, 7) is 0.657. The van der Waals surface area contributed by atoms with Crippen molar-refractivity contribution >= 4 is 40.8 Å². The third kappa shape index (κ3) is 3.84. The van der Waals surface area contributed by atoms with E-state index in [0.717, 1.165) is 17.1 Å². The number of hydrogen-bond acceptors (Lipinski definition) is 7. The molecule has 1 N–H and O–H groups in total. The van der Waals surface area contributed by atoms with Crippen LogP contribution in [0.15, 0.2) is 36.4 Å². The van der Waals surface area contributed by atoms with Crippen molar-refractivity contribution in [2.75, 3.05) is 30.0 Å². The summed E-state index contributed by atoms with van der Waals surface area (Å²) in [6, 6.07) is 10.2. The zero-order chi connectivity index (χ0) is 18.8. The van der Waals surface area contributed by atoms with Crippen LogP contribution in [-0.2, 0) is 0 Å². The Morgan fingerprint density at radius 1 is 1.11 bits per heavy atom. The summed E-state index contributed by atoms with van der Waals surface area (Å²) in [5.74, 6) is 2.28. The number of hydrogen-bond donors (Lipinski definition) is 1. The van der Waals surface area contributed by atoms with E-state index in [9.17, 15) is 14.9 Å². The maximum Gasteiger partial charge on any atom is 0.286 e. The van der Waals surface area contributed by atoms with E-state index in [0.29, 0.717) is 29.2 Å². The van der Waals surface area contributed by atoms with Crippen molar-refractivity contribution in [3.8, 4) is 11.5 Å². The van der Waals surface area contributed by atoms with Crippen molar-refractivity contribution in [2.45, 2.75) is 4.58 Å². The summed E-state index contributed by atoms with van der Waals surface area (Å²) >= 11 is 3.74. The molecule has 2 aromatic carbocycles. The molecule has 2 aliphatic rings. The molecular formula is C18H16N2O5S2. The van der Waals surface area contributed by atoms with Crippen LogP contribution in [0.25, 0.3) is 0 Å². The number of amides is 1. The van der Waals surface area contributed by atoms with E-state index in [1.54, 1.807) is 6.07 Å². The molecule has 140 valence electrons. The lowest BCUT2D eigenvalue weighted by Crippen LogP contribution is -2.18. The monoisotopic (exact) mass is 404 g/mol. The van der Waals surface area contributed by atoms with E-state index in [2.05, 4.69) is 5.32 Å². The van der Waals surface area contributed by atoms with Gasteiger partial charge in [0.2, 0.25) is 0 Å². The van der Waals surface area contributed by atoms with Gasteiger partial charge < -0.3 is 14.8 Å². The van der Waals surface area contributed by atoms with E-state index in [-0.39, 0.29) is 17.0 Å². The number of benzene rings is 2. The van der Waals surface area contributed by atoms with E-state index >= 15 is 0 Å². The average molecular weight is 404 g/mol. The molecule has 27 heavy (non-hydrogen) atoms. The quantitative estimate of drug-likeness (QED) is 0.606. The maximum atomic E-state index is 12.7. The Labute approximate surface area is 164 Å². The van der Waals surface area contributed by atoms with Gasteiger partial charge in [0.05, 0.1) is 15.6 Å². The minimum Gasteiger partial charge on any atom is -0.486 e. The Hall–Kier alpha value is -2.39. The molecule has 0 radical (unpaired) electrons. The smallest absolute Gasteiger partial charge is 0.286 e. The molecular weight excluding hydrogens is 388 g/mol. The number of carbonyl (C=O) groups excluding carboxylic acids is 1.